The van der Waals surface area contributed by atoms with E-state index in [1.807, 2.05) is 6.07 Å². The Morgan fingerprint density at radius 2 is 2.05 bits per heavy atom. The number of morpholine rings is 1. The van der Waals surface area contributed by atoms with Crippen LogP contribution in [0.3, 0.4) is 0 Å². The Morgan fingerprint density at radius 3 is 2.65 bits per heavy atom. The predicted octanol–water partition coefficient (Wildman–Crippen LogP) is 2.74. The first-order valence-electron chi connectivity index (χ1n) is 6.95. The van der Waals surface area contributed by atoms with E-state index in [0.29, 0.717) is 5.92 Å². The van der Waals surface area contributed by atoms with Crippen LogP contribution in [-0.2, 0) is 9.53 Å². The molecule has 1 heterocycles. The fourth-order valence-electron chi connectivity index (χ4n) is 2.40. The van der Waals surface area contributed by atoms with Gasteiger partial charge < -0.3 is 14.7 Å². The third-order valence-electron chi connectivity index (χ3n) is 3.44. The summed E-state index contributed by atoms with van der Waals surface area (Å²) in [7, 11) is 0. The van der Waals surface area contributed by atoms with Gasteiger partial charge in [-0.3, -0.25) is 0 Å². The molecule has 0 saturated carbocycles. The van der Waals surface area contributed by atoms with Crippen LogP contribution < -0.4 is 4.90 Å². The molecular weight excluding hydrogens is 254 g/mol. The first-order valence-corrected chi connectivity index (χ1v) is 6.95. The van der Waals surface area contributed by atoms with Gasteiger partial charge in [0.05, 0.1) is 13.2 Å². The Morgan fingerprint density at radius 1 is 1.35 bits per heavy atom. The standard InChI is InChI=1S/C16H21NO3/c1-12(2)14-11-13(4-6-16(18)19)3-5-15(14)17-7-9-20-10-8-17/h3-6,11-12H,7-10H2,1-2H3,(H,18,19)/b6-4+. The third kappa shape index (κ3) is 3.61. The Hall–Kier alpha value is -1.81. The van der Waals surface area contributed by atoms with Gasteiger partial charge in [-0.15, -0.1) is 0 Å². The van der Waals surface area contributed by atoms with Crippen molar-refractivity contribution < 1.29 is 14.6 Å². The number of ether oxygens (including phenoxy) is 1. The molecule has 1 N–H and O–H groups in total. The first-order chi connectivity index (χ1) is 9.58. The monoisotopic (exact) mass is 275 g/mol. The van der Waals surface area contributed by atoms with Gasteiger partial charge in [-0.25, -0.2) is 4.79 Å². The lowest BCUT2D eigenvalue weighted by Gasteiger charge is -2.31. The zero-order valence-corrected chi connectivity index (χ0v) is 12.0. The zero-order chi connectivity index (χ0) is 14.5. The van der Waals surface area contributed by atoms with Crippen LogP contribution in [0.15, 0.2) is 24.3 Å². The van der Waals surface area contributed by atoms with E-state index in [0.717, 1.165) is 31.9 Å². The molecule has 0 aliphatic carbocycles. The minimum atomic E-state index is -0.923. The van der Waals surface area contributed by atoms with Gasteiger partial charge in [0.2, 0.25) is 0 Å². The second-order valence-corrected chi connectivity index (χ2v) is 5.24. The molecule has 0 bridgehead atoms. The van der Waals surface area contributed by atoms with E-state index >= 15 is 0 Å². The number of carboxylic acid groups (broad SMARTS) is 1. The summed E-state index contributed by atoms with van der Waals surface area (Å²) >= 11 is 0. The number of benzene rings is 1. The minimum Gasteiger partial charge on any atom is -0.478 e. The highest BCUT2D eigenvalue weighted by Crippen LogP contribution is 2.29. The van der Waals surface area contributed by atoms with Gasteiger partial charge in [0.25, 0.3) is 0 Å². The molecule has 1 aromatic rings. The Balaban J connectivity index is 2.30. The van der Waals surface area contributed by atoms with E-state index in [-0.39, 0.29) is 0 Å². The van der Waals surface area contributed by atoms with Crippen LogP contribution in [0.5, 0.6) is 0 Å². The molecule has 0 spiro atoms. The SMILES string of the molecule is CC(C)c1cc(/C=C/C(=O)O)ccc1N1CCOCC1. The number of hydrogen-bond acceptors (Lipinski definition) is 3. The molecule has 1 fully saturated rings. The topological polar surface area (TPSA) is 49.8 Å². The van der Waals surface area contributed by atoms with Crippen molar-refractivity contribution in [2.24, 2.45) is 0 Å². The van der Waals surface area contributed by atoms with E-state index < -0.39 is 5.97 Å². The number of carboxylic acids is 1. The Bertz CT molecular complexity index is 502. The van der Waals surface area contributed by atoms with Crippen LogP contribution in [0.4, 0.5) is 5.69 Å². The third-order valence-corrected chi connectivity index (χ3v) is 3.44. The normalized spacial score (nSPS) is 16.1. The van der Waals surface area contributed by atoms with Crippen LogP contribution in [0.25, 0.3) is 6.08 Å². The van der Waals surface area contributed by atoms with Gasteiger partial charge in [-0.2, -0.15) is 0 Å². The smallest absolute Gasteiger partial charge is 0.328 e. The van der Waals surface area contributed by atoms with E-state index in [9.17, 15) is 4.79 Å². The molecule has 1 aromatic carbocycles. The average Bonchev–Trinajstić information content (AvgIpc) is 2.45. The van der Waals surface area contributed by atoms with Crippen molar-refractivity contribution in [3.05, 3.63) is 35.4 Å². The van der Waals surface area contributed by atoms with Crippen LogP contribution >= 0.6 is 0 Å². The van der Waals surface area contributed by atoms with Crippen LogP contribution in [-0.4, -0.2) is 37.4 Å². The largest absolute Gasteiger partial charge is 0.478 e. The van der Waals surface area contributed by atoms with Gasteiger partial charge in [0.1, 0.15) is 0 Å². The molecule has 0 unspecified atom stereocenters. The van der Waals surface area contributed by atoms with Crippen LogP contribution in [0, 0.1) is 0 Å². The van der Waals surface area contributed by atoms with E-state index in [2.05, 4.69) is 30.9 Å². The molecular formula is C16H21NO3. The van der Waals surface area contributed by atoms with Gasteiger partial charge in [0.15, 0.2) is 0 Å². The first kappa shape index (κ1) is 14.6. The molecule has 108 valence electrons. The summed E-state index contributed by atoms with van der Waals surface area (Å²) in [5.74, 6) is -0.528. The molecule has 1 aliphatic rings. The quantitative estimate of drug-likeness (QED) is 0.858. The second kappa shape index (κ2) is 6.57. The summed E-state index contributed by atoms with van der Waals surface area (Å²) in [6.45, 7) is 7.65. The fraction of sp³-hybridized carbons (Fsp3) is 0.438. The molecule has 0 amide bonds. The zero-order valence-electron chi connectivity index (χ0n) is 12.0. The van der Waals surface area contributed by atoms with Crippen molar-refractivity contribution >= 4 is 17.7 Å². The van der Waals surface area contributed by atoms with E-state index in [1.165, 1.54) is 17.3 Å². The van der Waals surface area contributed by atoms with Crippen molar-refractivity contribution in [3.8, 4) is 0 Å². The summed E-state index contributed by atoms with van der Waals surface area (Å²) in [6.07, 6.45) is 2.81. The summed E-state index contributed by atoms with van der Waals surface area (Å²) in [4.78, 5) is 12.9. The van der Waals surface area contributed by atoms with E-state index in [1.54, 1.807) is 6.08 Å². The van der Waals surface area contributed by atoms with E-state index in [4.69, 9.17) is 9.84 Å². The Labute approximate surface area is 119 Å². The maximum Gasteiger partial charge on any atom is 0.328 e. The number of nitrogens with zero attached hydrogens (tertiary/aromatic N) is 1. The summed E-state index contributed by atoms with van der Waals surface area (Å²) < 4.78 is 5.39. The van der Waals surface area contributed by atoms with Gasteiger partial charge >= 0.3 is 5.97 Å². The molecule has 4 heteroatoms. The van der Waals surface area contributed by atoms with Crippen LogP contribution in [0.2, 0.25) is 0 Å². The lowest BCUT2D eigenvalue weighted by Crippen LogP contribution is -2.36. The number of aliphatic carboxylic acids is 1. The fourth-order valence-corrected chi connectivity index (χ4v) is 2.40. The number of carbonyl (C=O) groups is 1. The van der Waals surface area contributed by atoms with Crippen molar-refractivity contribution in [3.63, 3.8) is 0 Å². The highest BCUT2D eigenvalue weighted by molar-refractivity contribution is 5.85. The maximum absolute atomic E-state index is 10.6. The van der Waals surface area contributed by atoms with Gasteiger partial charge in [-0.05, 0) is 35.3 Å². The van der Waals surface area contributed by atoms with Crippen molar-refractivity contribution in [2.45, 2.75) is 19.8 Å². The second-order valence-electron chi connectivity index (χ2n) is 5.24. The average molecular weight is 275 g/mol. The minimum absolute atomic E-state index is 0.394. The summed E-state index contributed by atoms with van der Waals surface area (Å²) in [5, 5.41) is 8.70. The van der Waals surface area contributed by atoms with Gasteiger partial charge in [0, 0.05) is 24.9 Å². The number of hydrogen-bond donors (Lipinski definition) is 1. The predicted molar refractivity (Wildman–Crippen MR) is 80.2 cm³/mol. The lowest BCUT2D eigenvalue weighted by molar-refractivity contribution is -0.131. The highest BCUT2D eigenvalue weighted by atomic mass is 16.5. The Kier molecular flexibility index (Phi) is 4.79. The molecule has 1 saturated heterocycles. The highest BCUT2D eigenvalue weighted by Gasteiger charge is 2.16. The molecule has 0 atom stereocenters. The molecule has 2 rings (SSSR count). The summed E-state index contributed by atoms with van der Waals surface area (Å²) in [5.41, 5.74) is 3.41. The van der Waals surface area contributed by atoms with Crippen molar-refractivity contribution in [2.75, 3.05) is 31.2 Å². The van der Waals surface area contributed by atoms with Gasteiger partial charge in [-0.1, -0.05) is 19.9 Å². The maximum atomic E-state index is 10.6. The molecule has 0 aromatic heterocycles. The molecule has 20 heavy (non-hydrogen) atoms. The van der Waals surface area contributed by atoms with Crippen molar-refractivity contribution in [1.29, 1.82) is 0 Å². The molecule has 1 aliphatic heterocycles. The number of anilines is 1. The molecule has 4 nitrogen and oxygen atoms in total. The van der Waals surface area contributed by atoms with Crippen LogP contribution in [0.1, 0.15) is 30.9 Å². The molecule has 0 radical (unpaired) electrons. The summed E-state index contributed by atoms with van der Waals surface area (Å²) in [6, 6.07) is 6.13. The lowest BCUT2D eigenvalue weighted by atomic mass is 9.97. The number of rotatable bonds is 4. The van der Waals surface area contributed by atoms with Crippen molar-refractivity contribution in [1.82, 2.24) is 0 Å².